The number of piperazine rings is 1. The average Bonchev–Trinajstić information content (AvgIpc) is 2.44. The summed E-state index contributed by atoms with van der Waals surface area (Å²) in [5.41, 5.74) is 0.684. The molecule has 1 aromatic carbocycles. The molecule has 0 aliphatic carbocycles. The Balaban J connectivity index is 1.77. The van der Waals surface area contributed by atoms with E-state index in [1.54, 1.807) is 6.07 Å². The molecule has 1 saturated heterocycles. The Kier molecular flexibility index (Phi) is 5.83. The number of carbonyl (C=O) groups is 1. The van der Waals surface area contributed by atoms with Crippen LogP contribution in [0.15, 0.2) is 24.3 Å². The summed E-state index contributed by atoms with van der Waals surface area (Å²) >= 11 is 6.03. The minimum Gasteiger partial charge on any atom is -0.324 e. The molecule has 0 unspecified atom stereocenters. The number of nitrogens with one attached hydrogen (secondary N) is 1. The smallest absolute Gasteiger partial charge is 0.238 e. The molecular weight excluding hydrogens is 274 g/mol. The fraction of sp³-hybridized carbons (Fsp3) is 0.533. The van der Waals surface area contributed by atoms with Crippen LogP contribution in [-0.4, -0.2) is 55.0 Å². The molecule has 0 aromatic heterocycles. The van der Waals surface area contributed by atoms with Crippen molar-refractivity contribution in [1.29, 1.82) is 0 Å². The third kappa shape index (κ3) is 4.47. The molecule has 0 atom stereocenters. The van der Waals surface area contributed by atoms with Crippen LogP contribution in [0.3, 0.4) is 0 Å². The zero-order valence-electron chi connectivity index (χ0n) is 11.9. The lowest BCUT2D eigenvalue weighted by Gasteiger charge is -2.34. The van der Waals surface area contributed by atoms with Gasteiger partial charge in [0.05, 0.1) is 17.3 Å². The van der Waals surface area contributed by atoms with E-state index in [0.29, 0.717) is 17.3 Å². The zero-order valence-corrected chi connectivity index (χ0v) is 12.7. The van der Waals surface area contributed by atoms with Gasteiger partial charge in [0.1, 0.15) is 0 Å². The van der Waals surface area contributed by atoms with Gasteiger partial charge in [0.15, 0.2) is 0 Å². The minimum atomic E-state index is 0.00189. The van der Waals surface area contributed by atoms with E-state index in [0.717, 1.165) is 32.7 Å². The molecule has 2 rings (SSSR count). The van der Waals surface area contributed by atoms with Crippen LogP contribution in [0.1, 0.15) is 13.3 Å². The second-order valence-electron chi connectivity index (χ2n) is 5.15. The number of halogens is 1. The zero-order chi connectivity index (χ0) is 14.4. The van der Waals surface area contributed by atoms with Gasteiger partial charge in [-0.25, -0.2) is 0 Å². The van der Waals surface area contributed by atoms with Crippen molar-refractivity contribution in [1.82, 2.24) is 9.80 Å². The highest BCUT2D eigenvalue weighted by Gasteiger charge is 2.18. The van der Waals surface area contributed by atoms with Crippen molar-refractivity contribution >= 4 is 23.2 Å². The fourth-order valence-electron chi connectivity index (χ4n) is 2.44. The molecule has 1 aliphatic heterocycles. The number of para-hydroxylation sites is 1. The summed E-state index contributed by atoms with van der Waals surface area (Å²) in [7, 11) is 0. The van der Waals surface area contributed by atoms with E-state index in [1.807, 2.05) is 18.2 Å². The van der Waals surface area contributed by atoms with Gasteiger partial charge in [-0.2, -0.15) is 0 Å². The maximum Gasteiger partial charge on any atom is 0.238 e. The van der Waals surface area contributed by atoms with E-state index < -0.39 is 0 Å². The lowest BCUT2D eigenvalue weighted by Crippen LogP contribution is -2.48. The summed E-state index contributed by atoms with van der Waals surface area (Å²) < 4.78 is 0. The van der Waals surface area contributed by atoms with Crippen LogP contribution < -0.4 is 5.32 Å². The van der Waals surface area contributed by atoms with Crippen molar-refractivity contribution in [3.05, 3.63) is 29.3 Å². The third-order valence-corrected chi connectivity index (χ3v) is 3.85. The van der Waals surface area contributed by atoms with Crippen LogP contribution in [0.25, 0.3) is 0 Å². The lowest BCUT2D eigenvalue weighted by atomic mass is 10.3. The van der Waals surface area contributed by atoms with Crippen LogP contribution in [0.2, 0.25) is 5.02 Å². The van der Waals surface area contributed by atoms with Crippen molar-refractivity contribution in [2.75, 3.05) is 44.6 Å². The van der Waals surface area contributed by atoms with Crippen molar-refractivity contribution in [2.45, 2.75) is 13.3 Å². The van der Waals surface area contributed by atoms with E-state index >= 15 is 0 Å². The van der Waals surface area contributed by atoms with Gasteiger partial charge in [-0.3, -0.25) is 9.69 Å². The maximum absolute atomic E-state index is 12.0. The number of carbonyl (C=O) groups excluding carboxylic acids is 1. The lowest BCUT2D eigenvalue weighted by molar-refractivity contribution is -0.117. The van der Waals surface area contributed by atoms with Crippen LogP contribution in [0, 0.1) is 0 Å². The van der Waals surface area contributed by atoms with E-state index in [1.165, 1.54) is 6.42 Å². The third-order valence-electron chi connectivity index (χ3n) is 3.52. The Morgan fingerprint density at radius 1 is 1.20 bits per heavy atom. The standard InChI is InChI=1S/C15H22ClN3O/c1-2-7-18-8-10-19(11-9-18)12-15(20)17-14-6-4-3-5-13(14)16/h3-6H,2,7-12H2,1H3,(H,17,20). The molecule has 0 radical (unpaired) electrons. The summed E-state index contributed by atoms with van der Waals surface area (Å²) in [4.78, 5) is 16.7. The van der Waals surface area contributed by atoms with E-state index in [9.17, 15) is 4.79 Å². The first-order valence-electron chi connectivity index (χ1n) is 7.18. The molecule has 1 heterocycles. The Morgan fingerprint density at radius 2 is 1.85 bits per heavy atom. The summed E-state index contributed by atoms with van der Waals surface area (Å²) in [6, 6.07) is 7.32. The van der Waals surface area contributed by atoms with Gasteiger partial charge >= 0.3 is 0 Å². The number of benzene rings is 1. The molecular formula is C15H22ClN3O. The first-order chi connectivity index (χ1) is 9.69. The van der Waals surface area contributed by atoms with E-state index in [2.05, 4.69) is 22.0 Å². The van der Waals surface area contributed by atoms with E-state index in [-0.39, 0.29) is 5.91 Å². The number of nitrogens with zero attached hydrogens (tertiary/aromatic N) is 2. The van der Waals surface area contributed by atoms with E-state index in [4.69, 9.17) is 11.6 Å². The molecule has 20 heavy (non-hydrogen) atoms. The molecule has 5 heteroatoms. The van der Waals surface area contributed by atoms with Gasteiger partial charge in [-0.1, -0.05) is 30.7 Å². The van der Waals surface area contributed by atoms with Gasteiger partial charge in [0.25, 0.3) is 0 Å². The molecule has 0 bridgehead atoms. The van der Waals surface area contributed by atoms with Gasteiger partial charge in [-0.15, -0.1) is 0 Å². The van der Waals surface area contributed by atoms with Gasteiger partial charge < -0.3 is 10.2 Å². The number of rotatable bonds is 5. The highest BCUT2D eigenvalue weighted by atomic mass is 35.5. The second kappa shape index (κ2) is 7.62. The SMILES string of the molecule is CCCN1CCN(CC(=O)Nc2ccccc2Cl)CC1. The van der Waals surface area contributed by atoms with Gasteiger partial charge in [0, 0.05) is 26.2 Å². The number of hydrogen-bond donors (Lipinski definition) is 1. The Labute approximate surface area is 125 Å². The van der Waals surface area contributed by atoms with Crippen LogP contribution in [0.4, 0.5) is 5.69 Å². The normalized spacial score (nSPS) is 17.1. The summed E-state index contributed by atoms with van der Waals surface area (Å²) in [6.07, 6.45) is 1.19. The quantitative estimate of drug-likeness (QED) is 0.905. The van der Waals surface area contributed by atoms with Gasteiger partial charge in [0.2, 0.25) is 5.91 Å². The van der Waals surface area contributed by atoms with Crippen molar-refractivity contribution in [3.63, 3.8) is 0 Å². The second-order valence-corrected chi connectivity index (χ2v) is 5.55. The molecule has 110 valence electrons. The number of hydrogen-bond acceptors (Lipinski definition) is 3. The van der Waals surface area contributed by atoms with Crippen molar-refractivity contribution in [2.24, 2.45) is 0 Å². The van der Waals surface area contributed by atoms with Gasteiger partial charge in [-0.05, 0) is 25.1 Å². The number of amides is 1. The largest absolute Gasteiger partial charge is 0.324 e. The molecule has 1 N–H and O–H groups in total. The molecule has 1 aromatic rings. The molecule has 1 fully saturated rings. The molecule has 0 saturated carbocycles. The van der Waals surface area contributed by atoms with Crippen LogP contribution in [0.5, 0.6) is 0 Å². The topological polar surface area (TPSA) is 35.6 Å². The Morgan fingerprint density at radius 3 is 2.50 bits per heavy atom. The number of anilines is 1. The maximum atomic E-state index is 12.0. The predicted molar refractivity (Wildman–Crippen MR) is 83.3 cm³/mol. The highest BCUT2D eigenvalue weighted by molar-refractivity contribution is 6.33. The average molecular weight is 296 g/mol. The first kappa shape index (κ1) is 15.3. The van der Waals surface area contributed by atoms with Crippen LogP contribution in [-0.2, 0) is 4.79 Å². The highest BCUT2D eigenvalue weighted by Crippen LogP contribution is 2.20. The van der Waals surface area contributed by atoms with Crippen molar-refractivity contribution in [3.8, 4) is 0 Å². The Hall–Kier alpha value is -1.10. The minimum absolute atomic E-state index is 0.00189. The van der Waals surface area contributed by atoms with Crippen LogP contribution >= 0.6 is 11.6 Å². The van der Waals surface area contributed by atoms with Crippen molar-refractivity contribution < 1.29 is 4.79 Å². The summed E-state index contributed by atoms with van der Waals surface area (Å²) in [5.74, 6) is 0.00189. The first-order valence-corrected chi connectivity index (χ1v) is 7.56. The molecule has 1 aliphatic rings. The molecule has 1 amide bonds. The summed E-state index contributed by atoms with van der Waals surface area (Å²) in [5, 5.41) is 3.45. The fourth-order valence-corrected chi connectivity index (χ4v) is 2.63. The Bertz CT molecular complexity index is 444. The summed E-state index contributed by atoms with van der Waals surface area (Å²) in [6.45, 7) is 7.79. The monoisotopic (exact) mass is 295 g/mol. The predicted octanol–water partition coefficient (Wildman–Crippen LogP) is 2.31. The molecule has 4 nitrogen and oxygen atoms in total. The molecule has 0 spiro atoms.